The Kier molecular flexibility index (Phi) is 3.19. The van der Waals surface area contributed by atoms with Gasteiger partial charge in [-0.05, 0) is 35.5 Å². The molecule has 1 saturated heterocycles. The highest BCUT2D eigenvalue weighted by Gasteiger charge is 2.25. The molecular formula is C18H10N4O3S. The molecule has 0 saturated carbocycles. The van der Waals surface area contributed by atoms with Crippen molar-refractivity contribution in [2.24, 2.45) is 0 Å². The normalized spacial score (nSPS) is 16.1. The van der Waals surface area contributed by atoms with Crippen LogP contribution < -0.4 is 5.32 Å². The molecule has 0 aliphatic carbocycles. The van der Waals surface area contributed by atoms with Crippen molar-refractivity contribution in [1.82, 2.24) is 20.3 Å². The van der Waals surface area contributed by atoms with Crippen molar-refractivity contribution in [1.29, 1.82) is 0 Å². The number of fused-ring (bicyclic) bond motifs is 2. The molecule has 0 atom stereocenters. The number of imide groups is 1. The number of hydrogen-bond donors (Lipinski definition) is 2. The van der Waals surface area contributed by atoms with E-state index >= 15 is 0 Å². The molecule has 126 valence electrons. The second kappa shape index (κ2) is 5.57. The van der Waals surface area contributed by atoms with Crippen LogP contribution in [0.4, 0.5) is 4.79 Å². The van der Waals surface area contributed by atoms with Gasteiger partial charge in [-0.15, -0.1) is 0 Å². The predicted molar refractivity (Wildman–Crippen MR) is 98.2 cm³/mol. The van der Waals surface area contributed by atoms with E-state index in [-0.39, 0.29) is 5.24 Å². The van der Waals surface area contributed by atoms with Gasteiger partial charge in [-0.25, -0.2) is 4.98 Å². The van der Waals surface area contributed by atoms with Gasteiger partial charge in [0.2, 0.25) is 0 Å². The number of H-pyrrole nitrogens is 1. The molecule has 1 aliphatic heterocycles. The zero-order valence-corrected chi connectivity index (χ0v) is 14.0. The SMILES string of the molecule is O=C1NC(=O)C(=Cc2cc3cncc(-c4ccc5nc[nH]c5c4)c3o2)S1. The van der Waals surface area contributed by atoms with Gasteiger partial charge in [0.25, 0.3) is 11.1 Å². The van der Waals surface area contributed by atoms with E-state index < -0.39 is 5.91 Å². The number of rotatable bonds is 2. The van der Waals surface area contributed by atoms with Crippen LogP contribution in [0.5, 0.6) is 0 Å². The Morgan fingerprint density at radius 3 is 2.92 bits per heavy atom. The molecule has 5 rings (SSSR count). The number of pyridine rings is 1. The van der Waals surface area contributed by atoms with E-state index in [0.29, 0.717) is 16.2 Å². The first-order valence-electron chi connectivity index (χ1n) is 7.73. The Morgan fingerprint density at radius 2 is 2.08 bits per heavy atom. The van der Waals surface area contributed by atoms with Gasteiger partial charge in [0, 0.05) is 29.4 Å². The van der Waals surface area contributed by atoms with Crippen molar-refractivity contribution in [3.8, 4) is 11.1 Å². The number of aromatic nitrogens is 3. The highest BCUT2D eigenvalue weighted by molar-refractivity contribution is 8.18. The van der Waals surface area contributed by atoms with Crippen LogP contribution >= 0.6 is 11.8 Å². The van der Waals surface area contributed by atoms with Crippen molar-refractivity contribution in [3.05, 3.63) is 53.7 Å². The van der Waals surface area contributed by atoms with Crippen LogP contribution in [0.15, 0.2) is 52.3 Å². The average molecular weight is 362 g/mol. The molecule has 0 bridgehead atoms. The van der Waals surface area contributed by atoms with Gasteiger partial charge in [-0.2, -0.15) is 0 Å². The summed E-state index contributed by atoms with van der Waals surface area (Å²) >= 11 is 0.856. The van der Waals surface area contributed by atoms with Gasteiger partial charge in [0.05, 0.1) is 22.3 Å². The summed E-state index contributed by atoms with van der Waals surface area (Å²) in [6.07, 6.45) is 6.65. The number of nitrogens with zero attached hydrogens (tertiary/aromatic N) is 2. The van der Waals surface area contributed by atoms with Crippen LogP contribution in [0.25, 0.3) is 39.2 Å². The summed E-state index contributed by atoms with van der Waals surface area (Å²) in [7, 11) is 0. The fraction of sp³-hybridized carbons (Fsp3) is 0. The van der Waals surface area contributed by atoms with Crippen LogP contribution in [0.3, 0.4) is 0 Å². The highest BCUT2D eigenvalue weighted by atomic mass is 32.2. The van der Waals surface area contributed by atoms with E-state index in [9.17, 15) is 9.59 Å². The Bertz CT molecular complexity index is 1240. The number of furan rings is 1. The van der Waals surface area contributed by atoms with Crippen LogP contribution in [0, 0.1) is 0 Å². The van der Waals surface area contributed by atoms with E-state index in [1.54, 1.807) is 30.9 Å². The number of aromatic amines is 1. The molecule has 0 spiro atoms. The fourth-order valence-corrected chi connectivity index (χ4v) is 3.57. The molecule has 2 amide bonds. The number of hydrogen-bond acceptors (Lipinski definition) is 6. The standard InChI is InChI=1S/C18H10N4O3S/c23-17-15(26-18(24)22-17)5-11-3-10-6-19-7-12(16(10)25-11)9-1-2-13-14(4-9)21-8-20-13/h1-8H,(H,20,21)(H,22,23,24). The Balaban J connectivity index is 1.63. The van der Waals surface area contributed by atoms with E-state index in [0.717, 1.165) is 39.3 Å². The van der Waals surface area contributed by atoms with Gasteiger partial charge >= 0.3 is 0 Å². The molecule has 3 aromatic heterocycles. The molecule has 1 aliphatic rings. The van der Waals surface area contributed by atoms with E-state index in [1.165, 1.54) is 0 Å². The van der Waals surface area contributed by atoms with Gasteiger partial charge < -0.3 is 9.40 Å². The molecule has 26 heavy (non-hydrogen) atoms. The van der Waals surface area contributed by atoms with Crippen molar-refractivity contribution in [2.45, 2.75) is 0 Å². The molecule has 0 unspecified atom stereocenters. The Morgan fingerprint density at radius 1 is 1.15 bits per heavy atom. The molecule has 7 nitrogen and oxygen atoms in total. The lowest BCUT2D eigenvalue weighted by molar-refractivity contribution is -0.115. The topological polar surface area (TPSA) is 101 Å². The minimum atomic E-state index is -0.413. The number of amides is 2. The summed E-state index contributed by atoms with van der Waals surface area (Å²) in [5.41, 5.74) is 4.25. The maximum atomic E-state index is 11.7. The molecule has 2 N–H and O–H groups in total. The lowest BCUT2D eigenvalue weighted by Crippen LogP contribution is -2.17. The number of carbonyl (C=O) groups is 2. The maximum Gasteiger partial charge on any atom is 0.290 e. The first-order valence-corrected chi connectivity index (χ1v) is 8.55. The molecule has 1 aromatic carbocycles. The summed E-state index contributed by atoms with van der Waals surface area (Å²) in [5.74, 6) is 0.0766. The van der Waals surface area contributed by atoms with E-state index in [2.05, 4.69) is 20.3 Å². The van der Waals surface area contributed by atoms with Gasteiger partial charge in [0.15, 0.2) is 0 Å². The second-order valence-corrected chi connectivity index (χ2v) is 6.76. The Hall–Kier alpha value is -3.39. The third-order valence-corrected chi connectivity index (χ3v) is 4.90. The van der Waals surface area contributed by atoms with Crippen molar-refractivity contribution in [2.75, 3.05) is 0 Å². The molecule has 4 aromatic rings. The monoisotopic (exact) mass is 362 g/mol. The van der Waals surface area contributed by atoms with Crippen molar-refractivity contribution < 1.29 is 14.0 Å². The maximum absolute atomic E-state index is 11.7. The highest BCUT2D eigenvalue weighted by Crippen LogP contribution is 2.33. The number of nitrogens with one attached hydrogen (secondary N) is 2. The zero-order valence-electron chi connectivity index (χ0n) is 13.1. The van der Waals surface area contributed by atoms with Crippen LogP contribution in [0.2, 0.25) is 0 Å². The quantitative estimate of drug-likeness (QED) is 0.527. The van der Waals surface area contributed by atoms with Crippen LogP contribution in [-0.4, -0.2) is 26.1 Å². The fourth-order valence-electron chi connectivity index (χ4n) is 2.91. The van der Waals surface area contributed by atoms with Crippen molar-refractivity contribution in [3.63, 3.8) is 0 Å². The summed E-state index contributed by atoms with van der Waals surface area (Å²) in [5, 5.41) is 2.66. The number of carbonyl (C=O) groups excluding carboxylic acids is 2. The van der Waals surface area contributed by atoms with Crippen LogP contribution in [-0.2, 0) is 4.79 Å². The molecule has 0 radical (unpaired) electrons. The predicted octanol–water partition coefficient (Wildman–Crippen LogP) is 3.70. The van der Waals surface area contributed by atoms with Crippen molar-refractivity contribution >= 4 is 51.0 Å². The Labute approximate surface area is 150 Å². The number of benzene rings is 1. The molecule has 8 heteroatoms. The van der Waals surface area contributed by atoms with E-state index in [1.807, 2.05) is 18.2 Å². The smallest absolute Gasteiger partial charge is 0.290 e. The zero-order chi connectivity index (χ0) is 17.7. The first kappa shape index (κ1) is 14.9. The van der Waals surface area contributed by atoms with Crippen LogP contribution in [0.1, 0.15) is 5.76 Å². The summed E-state index contributed by atoms with van der Waals surface area (Å²) in [4.78, 5) is 34.9. The first-order chi connectivity index (χ1) is 12.7. The number of thioether (sulfide) groups is 1. The summed E-state index contributed by atoms with van der Waals surface area (Å²) < 4.78 is 5.95. The molecule has 1 fully saturated rings. The van der Waals surface area contributed by atoms with Gasteiger partial charge in [-0.1, -0.05) is 6.07 Å². The minimum absolute atomic E-state index is 0.308. The largest absolute Gasteiger partial charge is 0.456 e. The second-order valence-electron chi connectivity index (χ2n) is 5.74. The third-order valence-electron chi connectivity index (χ3n) is 4.09. The summed E-state index contributed by atoms with van der Waals surface area (Å²) in [6, 6.07) is 7.67. The lowest BCUT2D eigenvalue weighted by Gasteiger charge is -2.02. The molecular weight excluding hydrogens is 352 g/mol. The summed E-state index contributed by atoms with van der Waals surface area (Å²) in [6.45, 7) is 0. The van der Waals surface area contributed by atoms with E-state index in [4.69, 9.17) is 4.42 Å². The molecule has 4 heterocycles. The third kappa shape index (κ3) is 2.39. The number of imidazole rings is 1. The average Bonchev–Trinajstić information content (AvgIpc) is 3.32. The lowest BCUT2D eigenvalue weighted by atomic mass is 10.1. The van der Waals surface area contributed by atoms with Gasteiger partial charge in [-0.3, -0.25) is 19.9 Å². The minimum Gasteiger partial charge on any atom is -0.456 e. The van der Waals surface area contributed by atoms with Gasteiger partial charge in [0.1, 0.15) is 11.3 Å².